The van der Waals surface area contributed by atoms with Crippen LogP contribution in [-0.2, 0) is 0 Å². The summed E-state index contributed by atoms with van der Waals surface area (Å²) in [5.41, 5.74) is 0.822. The van der Waals surface area contributed by atoms with Crippen molar-refractivity contribution in [2.45, 2.75) is 71.8 Å². The average molecular weight is 266 g/mol. The Morgan fingerprint density at radius 3 is 2.42 bits per heavy atom. The van der Waals surface area contributed by atoms with Gasteiger partial charge in [-0.05, 0) is 57.9 Å². The van der Waals surface area contributed by atoms with Crippen LogP contribution in [-0.4, -0.2) is 36.6 Å². The molecule has 2 heteroatoms. The molecule has 0 radical (unpaired) electrons. The van der Waals surface area contributed by atoms with Gasteiger partial charge in [0.25, 0.3) is 0 Å². The van der Waals surface area contributed by atoms with E-state index in [9.17, 15) is 0 Å². The molecule has 112 valence electrons. The first-order valence-electron chi connectivity index (χ1n) is 8.40. The molecule has 0 aromatic carbocycles. The first kappa shape index (κ1) is 15.3. The van der Waals surface area contributed by atoms with Crippen molar-refractivity contribution in [2.24, 2.45) is 11.3 Å². The molecule has 2 fully saturated rings. The average Bonchev–Trinajstić information content (AvgIpc) is 2.96. The highest BCUT2D eigenvalue weighted by molar-refractivity contribution is 4.92. The third-order valence-electron chi connectivity index (χ3n) is 5.16. The van der Waals surface area contributed by atoms with Gasteiger partial charge in [-0.1, -0.05) is 26.2 Å². The summed E-state index contributed by atoms with van der Waals surface area (Å²) in [6.07, 6.45) is 8.55. The van der Waals surface area contributed by atoms with Crippen molar-refractivity contribution >= 4 is 0 Å². The van der Waals surface area contributed by atoms with Crippen molar-refractivity contribution in [1.29, 1.82) is 0 Å². The van der Waals surface area contributed by atoms with E-state index in [2.05, 4.69) is 37.9 Å². The third kappa shape index (κ3) is 4.46. The molecular formula is C17H34N2. The van der Waals surface area contributed by atoms with Gasteiger partial charge in [0.2, 0.25) is 0 Å². The summed E-state index contributed by atoms with van der Waals surface area (Å²) in [5, 5.41) is 3.78. The molecule has 1 saturated heterocycles. The Labute approximate surface area is 120 Å². The highest BCUT2D eigenvalue weighted by atomic mass is 15.2. The zero-order chi connectivity index (χ0) is 13.9. The summed E-state index contributed by atoms with van der Waals surface area (Å²) in [5.74, 6) is 0.967. The fourth-order valence-electron chi connectivity index (χ4n) is 3.83. The summed E-state index contributed by atoms with van der Waals surface area (Å²) >= 11 is 0. The largest absolute Gasteiger partial charge is 0.311 e. The molecule has 1 atom stereocenters. The van der Waals surface area contributed by atoms with Crippen LogP contribution in [0.5, 0.6) is 0 Å². The standard InChI is InChI=1S/C17H34N2/c1-5-15-8-11-19(12-15)14-17(9-6-7-10-17)13-18-16(2,3)4/h15,18H,5-14H2,1-4H3. The Hall–Kier alpha value is -0.0800. The van der Waals surface area contributed by atoms with Crippen molar-refractivity contribution in [2.75, 3.05) is 26.2 Å². The summed E-state index contributed by atoms with van der Waals surface area (Å²) in [6.45, 7) is 14.5. The van der Waals surface area contributed by atoms with Gasteiger partial charge in [-0.25, -0.2) is 0 Å². The van der Waals surface area contributed by atoms with E-state index in [1.165, 1.54) is 64.7 Å². The van der Waals surface area contributed by atoms with Crippen LogP contribution in [0.15, 0.2) is 0 Å². The number of rotatable bonds is 5. The van der Waals surface area contributed by atoms with Gasteiger partial charge in [-0.15, -0.1) is 0 Å². The first-order chi connectivity index (χ1) is 8.92. The second-order valence-corrected chi connectivity index (χ2v) is 8.11. The third-order valence-corrected chi connectivity index (χ3v) is 5.16. The topological polar surface area (TPSA) is 15.3 Å². The Bertz CT molecular complexity index is 273. The van der Waals surface area contributed by atoms with Crippen LogP contribution in [0.25, 0.3) is 0 Å². The predicted molar refractivity (Wildman–Crippen MR) is 83.5 cm³/mol. The number of hydrogen-bond acceptors (Lipinski definition) is 2. The number of likely N-dealkylation sites (tertiary alicyclic amines) is 1. The molecule has 1 N–H and O–H groups in total. The molecule has 2 nitrogen and oxygen atoms in total. The summed E-state index contributed by atoms with van der Waals surface area (Å²) < 4.78 is 0. The van der Waals surface area contributed by atoms with Crippen molar-refractivity contribution in [3.63, 3.8) is 0 Å². The highest BCUT2D eigenvalue weighted by Gasteiger charge is 2.37. The van der Waals surface area contributed by atoms with Gasteiger partial charge < -0.3 is 10.2 Å². The minimum atomic E-state index is 0.257. The van der Waals surface area contributed by atoms with Crippen LogP contribution >= 0.6 is 0 Å². The summed E-state index contributed by atoms with van der Waals surface area (Å²) in [7, 11) is 0. The molecule has 19 heavy (non-hydrogen) atoms. The van der Waals surface area contributed by atoms with Crippen molar-refractivity contribution in [1.82, 2.24) is 10.2 Å². The Morgan fingerprint density at radius 1 is 1.21 bits per heavy atom. The molecule has 0 amide bonds. The first-order valence-corrected chi connectivity index (χ1v) is 8.40. The van der Waals surface area contributed by atoms with E-state index in [1.807, 2.05) is 0 Å². The molecule has 2 rings (SSSR count). The maximum atomic E-state index is 3.78. The van der Waals surface area contributed by atoms with Crippen LogP contribution in [0.3, 0.4) is 0 Å². The zero-order valence-electron chi connectivity index (χ0n) is 13.6. The van der Waals surface area contributed by atoms with Crippen LogP contribution in [0.2, 0.25) is 0 Å². The normalized spacial score (nSPS) is 28.1. The Morgan fingerprint density at radius 2 is 1.89 bits per heavy atom. The molecule has 2 aliphatic rings. The monoisotopic (exact) mass is 266 g/mol. The molecular weight excluding hydrogens is 232 g/mol. The molecule has 1 unspecified atom stereocenters. The molecule has 1 saturated carbocycles. The maximum Gasteiger partial charge on any atom is 0.00967 e. The van der Waals surface area contributed by atoms with Crippen molar-refractivity contribution in [3.8, 4) is 0 Å². The number of hydrogen-bond donors (Lipinski definition) is 1. The van der Waals surface area contributed by atoms with E-state index in [4.69, 9.17) is 0 Å². The van der Waals surface area contributed by atoms with E-state index in [0.717, 1.165) is 5.92 Å². The van der Waals surface area contributed by atoms with E-state index < -0.39 is 0 Å². The van der Waals surface area contributed by atoms with Crippen molar-refractivity contribution in [3.05, 3.63) is 0 Å². The summed E-state index contributed by atoms with van der Waals surface area (Å²) in [6, 6.07) is 0. The van der Waals surface area contributed by atoms with E-state index in [-0.39, 0.29) is 5.54 Å². The minimum Gasteiger partial charge on any atom is -0.311 e. The van der Waals surface area contributed by atoms with Gasteiger partial charge in [0.05, 0.1) is 0 Å². The maximum absolute atomic E-state index is 3.78. The SMILES string of the molecule is CCC1CCN(CC2(CNC(C)(C)C)CCCC2)C1. The number of nitrogens with one attached hydrogen (secondary N) is 1. The fourth-order valence-corrected chi connectivity index (χ4v) is 3.83. The summed E-state index contributed by atoms with van der Waals surface area (Å²) in [4.78, 5) is 2.75. The van der Waals surface area contributed by atoms with Gasteiger partial charge in [-0.3, -0.25) is 0 Å². The predicted octanol–water partition coefficient (Wildman–Crippen LogP) is 3.67. The van der Waals surface area contributed by atoms with Gasteiger partial charge in [-0.2, -0.15) is 0 Å². The van der Waals surface area contributed by atoms with Gasteiger partial charge in [0, 0.05) is 25.2 Å². The fraction of sp³-hybridized carbons (Fsp3) is 1.00. The van der Waals surface area contributed by atoms with Gasteiger partial charge in [0.15, 0.2) is 0 Å². The minimum absolute atomic E-state index is 0.257. The molecule has 0 spiro atoms. The van der Waals surface area contributed by atoms with Gasteiger partial charge in [0.1, 0.15) is 0 Å². The lowest BCUT2D eigenvalue weighted by Gasteiger charge is -2.36. The number of nitrogens with zero attached hydrogens (tertiary/aromatic N) is 1. The molecule has 1 heterocycles. The molecule has 0 bridgehead atoms. The van der Waals surface area contributed by atoms with Crippen molar-refractivity contribution < 1.29 is 0 Å². The van der Waals surface area contributed by atoms with E-state index in [1.54, 1.807) is 0 Å². The lowest BCUT2D eigenvalue weighted by Crippen LogP contribution is -2.47. The Balaban J connectivity index is 1.88. The van der Waals surface area contributed by atoms with Gasteiger partial charge >= 0.3 is 0 Å². The molecule has 0 aromatic heterocycles. The van der Waals surface area contributed by atoms with Crippen LogP contribution in [0.1, 0.15) is 66.2 Å². The second kappa shape index (κ2) is 6.13. The quantitative estimate of drug-likeness (QED) is 0.817. The highest BCUT2D eigenvalue weighted by Crippen LogP contribution is 2.39. The van der Waals surface area contributed by atoms with E-state index >= 15 is 0 Å². The molecule has 0 aromatic rings. The van der Waals surface area contributed by atoms with Crippen LogP contribution < -0.4 is 5.32 Å². The lowest BCUT2D eigenvalue weighted by atomic mass is 9.84. The molecule has 1 aliphatic carbocycles. The van der Waals surface area contributed by atoms with E-state index in [0.29, 0.717) is 5.41 Å². The Kier molecular flexibility index (Phi) is 4.94. The smallest absolute Gasteiger partial charge is 0.00967 e. The lowest BCUT2D eigenvalue weighted by molar-refractivity contribution is 0.157. The second-order valence-electron chi connectivity index (χ2n) is 8.11. The zero-order valence-corrected chi connectivity index (χ0v) is 13.6. The van der Waals surface area contributed by atoms with Crippen LogP contribution in [0.4, 0.5) is 0 Å². The van der Waals surface area contributed by atoms with Crippen LogP contribution in [0, 0.1) is 11.3 Å². The molecule has 1 aliphatic heterocycles.